The molecule has 28 heavy (non-hydrogen) atoms. The van der Waals surface area contributed by atoms with Crippen LogP contribution in [0.1, 0.15) is 25.3 Å². The Bertz CT molecular complexity index is 826. The normalized spacial score (nSPS) is 32.2. The summed E-state index contributed by atoms with van der Waals surface area (Å²) in [5.74, 6) is -1.78. The zero-order chi connectivity index (χ0) is 20.1. The van der Waals surface area contributed by atoms with Crippen molar-refractivity contribution in [3.63, 3.8) is 0 Å². The second-order valence-electron chi connectivity index (χ2n) is 7.40. The number of likely N-dealkylation sites (tertiary alicyclic amines) is 1. The molecule has 0 aromatic heterocycles. The second kappa shape index (κ2) is 6.89. The van der Waals surface area contributed by atoms with Crippen LogP contribution < -0.4 is 0 Å². The van der Waals surface area contributed by atoms with Gasteiger partial charge in [-0.05, 0) is 12.5 Å². The number of β-lactam (4-membered cyclic amide) rings is 1. The molecule has 2 unspecified atom stereocenters. The fourth-order valence-corrected chi connectivity index (χ4v) is 5.34. The average molecular weight is 404 g/mol. The molecule has 4 rings (SSSR count). The minimum absolute atomic E-state index is 0.0264. The number of hydrogen-bond donors (Lipinski definition) is 1. The summed E-state index contributed by atoms with van der Waals surface area (Å²) >= 11 is 1.26. The van der Waals surface area contributed by atoms with Crippen LogP contribution in [0.4, 0.5) is 0 Å². The molecule has 1 aromatic rings. The highest BCUT2D eigenvalue weighted by molar-refractivity contribution is 8.00. The maximum Gasteiger partial charge on any atom is 0.332 e. The molecule has 3 aliphatic rings. The summed E-state index contributed by atoms with van der Waals surface area (Å²) in [6, 6.07) is 7.01. The molecule has 0 bridgehead atoms. The van der Waals surface area contributed by atoms with Crippen LogP contribution in [0.5, 0.6) is 0 Å². The van der Waals surface area contributed by atoms with E-state index in [1.54, 1.807) is 12.1 Å². The van der Waals surface area contributed by atoms with E-state index in [0.717, 1.165) is 10.5 Å². The maximum atomic E-state index is 12.8. The Kier molecular flexibility index (Phi) is 4.67. The summed E-state index contributed by atoms with van der Waals surface area (Å²) in [7, 11) is 0. The van der Waals surface area contributed by atoms with Gasteiger partial charge in [0.25, 0.3) is 5.91 Å². The highest BCUT2D eigenvalue weighted by Gasteiger charge is 2.64. The van der Waals surface area contributed by atoms with Gasteiger partial charge in [0.05, 0.1) is 0 Å². The molecular weight excluding hydrogens is 384 g/mol. The van der Waals surface area contributed by atoms with E-state index in [9.17, 15) is 24.3 Å². The van der Waals surface area contributed by atoms with Crippen LogP contribution in [0, 0.1) is 0 Å². The van der Waals surface area contributed by atoms with Gasteiger partial charge in [-0.25, -0.2) is 4.79 Å². The first kappa shape index (κ1) is 18.9. The number of carbonyl (C=O) groups is 4. The Balaban J connectivity index is 1.52. The first-order valence-electron chi connectivity index (χ1n) is 9.03. The third-order valence-electron chi connectivity index (χ3n) is 5.28. The van der Waals surface area contributed by atoms with E-state index >= 15 is 0 Å². The Labute approximate surface area is 165 Å². The lowest BCUT2D eigenvalue weighted by Gasteiger charge is -2.57. The van der Waals surface area contributed by atoms with E-state index < -0.39 is 34.9 Å². The van der Waals surface area contributed by atoms with Crippen LogP contribution in [-0.4, -0.2) is 67.4 Å². The molecule has 4 atom stereocenters. The van der Waals surface area contributed by atoms with Crippen molar-refractivity contribution >= 4 is 35.5 Å². The minimum Gasteiger partial charge on any atom is -0.459 e. The first-order chi connectivity index (χ1) is 13.3. The molecule has 1 N–H and O–H groups in total. The van der Waals surface area contributed by atoms with E-state index in [0.29, 0.717) is 0 Å². The number of fused-ring (bicyclic) bond motifs is 1. The summed E-state index contributed by atoms with van der Waals surface area (Å²) in [6.45, 7) is 1.51. The van der Waals surface area contributed by atoms with E-state index in [4.69, 9.17) is 4.74 Å². The fraction of sp³-hybridized carbons (Fsp3) is 0.474. The number of carbonyl (C=O) groups excluding carboxylic acids is 4. The number of esters is 1. The average Bonchev–Trinajstić information content (AvgIpc) is 2.99. The Morgan fingerprint density at radius 1 is 1.21 bits per heavy atom. The van der Waals surface area contributed by atoms with E-state index in [1.807, 2.05) is 18.2 Å². The highest BCUT2D eigenvalue weighted by atomic mass is 32.2. The van der Waals surface area contributed by atoms with Crippen LogP contribution in [0.15, 0.2) is 30.3 Å². The quantitative estimate of drug-likeness (QED) is 0.437. The van der Waals surface area contributed by atoms with Crippen LogP contribution in [-0.2, 0) is 30.5 Å². The Morgan fingerprint density at radius 3 is 2.50 bits per heavy atom. The number of nitrogens with zero attached hydrogens (tertiary/aromatic N) is 2. The third-order valence-corrected chi connectivity index (χ3v) is 6.86. The van der Waals surface area contributed by atoms with Crippen molar-refractivity contribution in [2.24, 2.45) is 0 Å². The summed E-state index contributed by atoms with van der Waals surface area (Å²) in [6.07, 6.45) is 0.195. The van der Waals surface area contributed by atoms with Crippen molar-refractivity contribution in [3.05, 3.63) is 35.9 Å². The minimum atomic E-state index is -1.48. The van der Waals surface area contributed by atoms with Crippen molar-refractivity contribution in [2.45, 2.75) is 49.4 Å². The molecule has 0 saturated carbocycles. The number of amides is 3. The SMILES string of the molecule is C[C@@]1(O)CS[C@@H]2C(N3C(=O)CCC3=O)C(=O)N2C1C(=O)OCc1ccccc1. The molecule has 3 saturated heterocycles. The standard InChI is InChI=1S/C19H20N2O6S/c1-19(26)10-28-17-14(20-12(22)7-8-13(20)23)16(24)21(17)15(19)18(25)27-9-11-5-3-2-4-6-11/h2-6,14-15,17,26H,7-10H2,1H3/t14?,15?,17-,19-/m1/s1. The third kappa shape index (κ3) is 2.98. The molecule has 9 heteroatoms. The number of hydrogen-bond acceptors (Lipinski definition) is 7. The van der Waals surface area contributed by atoms with Crippen LogP contribution in [0.2, 0.25) is 0 Å². The van der Waals surface area contributed by atoms with Gasteiger partial charge in [-0.1, -0.05) is 30.3 Å². The first-order valence-corrected chi connectivity index (χ1v) is 10.1. The van der Waals surface area contributed by atoms with Crippen LogP contribution in [0.25, 0.3) is 0 Å². The zero-order valence-corrected chi connectivity index (χ0v) is 16.1. The summed E-state index contributed by atoms with van der Waals surface area (Å²) < 4.78 is 5.36. The molecule has 3 aliphatic heterocycles. The predicted molar refractivity (Wildman–Crippen MR) is 98.6 cm³/mol. The van der Waals surface area contributed by atoms with E-state index in [2.05, 4.69) is 0 Å². The van der Waals surface area contributed by atoms with Crippen molar-refractivity contribution in [3.8, 4) is 0 Å². The summed E-state index contributed by atoms with van der Waals surface area (Å²) in [5, 5.41) is 10.2. The molecule has 0 aliphatic carbocycles. The van der Waals surface area contributed by atoms with Gasteiger partial charge >= 0.3 is 5.97 Å². The largest absolute Gasteiger partial charge is 0.459 e. The summed E-state index contributed by atoms with van der Waals surface area (Å²) in [5.41, 5.74) is -0.687. The van der Waals surface area contributed by atoms with Gasteiger partial charge in [-0.3, -0.25) is 19.3 Å². The maximum absolute atomic E-state index is 12.8. The van der Waals surface area contributed by atoms with Crippen molar-refractivity contribution in [1.82, 2.24) is 9.80 Å². The van der Waals surface area contributed by atoms with Crippen molar-refractivity contribution in [2.75, 3.05) is 5.75 Å². The predicted octanol–water partition coefficient (Wildman–Crippen LogP) is 0.282. The van der Waals surface area contributed by atoms with Gasteiger partial charge in [-0.15, -0.1) is 11.8 Å². The van der Waals surface area contributed by atoms with Crippen LogP contribution >= 0.6 is 11.8 Å². The second-order valence-corrected chi connectivity index (χ2v) is 8.51. The van der Waals surface area contributed by atoms with Gasteiger partial charge in [-0.2, -0.15) is 0 Å². The van der Waals surface area contributed by atoms with Gasteiger partial charge in [0, 0.05) is 18.6 Å². The fourth-order valence-electron chi connectivity index (χ4n) is 3.87. The zero-order valence-electron chi connectivity index (χ0n) is 15.2. The number of benzene rings is 1. The number of thioether (sulfide) groups is 1. The number of aliphatic hydroxyl groups is 1. The molecular formula is C19H20N2O6S. The van der Waals surface area contributed by atoms with E-state index in [-0.39, 0.29) is 37.0 Å². The molecule has 3 amide bonds. The van der Waals surface area contributed by atoms with Gasteiger partial charge in [0.1, 0.15) is 23.6 Å². The number of rotatable bonds is 4. The molecule has 0 radical (unpaired) electrons. The lowest BCUT2D eigenvalue weighted by molar-refractivity contribution is -0.184. The summed E-state index contributed by atoms with van der Waals surface area (Å²) in [4.78, 5) is 51.9. The molecule has 0 spiro atoms. The lowest BCUT2D eigenvalue weighted by Crippen LogP contribution is -2.79. The molecule has 3 fully saturated rings. The number of imide groups is 1. The molecule has 3 heterocycles. The lowest BCUT2D eigenvalue weighted by atomic mass is 9.90. The Hall–Kier alpha value is -2.39. The van der Waals surface area contributed by atoms with Gasteiger partial charge in [0.15, 0.2) is 6.04 Å². The number of ether oxygens (including phenoxy) is 1. The molecule has 1 aromatic carbocycles. The Morgan fingerprint density at radius 2 is 1.86 bits per heavy atom. The van der Waals surface area contributed by atoms with Gasteiger partial charge < -0.3 is 14.7 Å². The molecule has 148 valence electrons. The van der Waals surface area contributed by atoms with Crippen molar-refractivity contribution in [1.29, 1.82) is 0 Å². The molecule has 8 nitrogen and oxygen atoms in total. The topological polar surface area (TPSA) is 104 Å². The van der Waals surface area contributed by atoms with Crippen molar-refractivity contribution < 1.29 is 29.0 Å². The van der Waals surface area contributed by atoms with Crippen LogP contribution in [0.3, 0.4) is 0 Å². The van der Waals surface area contributed by atoms with Gasteiger partial charge in [0.2, 0.25) is 11.8 Å². The highest BCUT2D eigenvalue weighted by Crippen LogP contribution is 2.45. The van der Waals surface area contributed by atoms with E-state index in [1.165, 1.54) is 23.6 Å². The monoisotopic (exact) mass is 404 g/mol. The smallest absolute Gasteiger partial charge is 0.332 e.